The normalized spacial score (nSPS) is 12.4. The molecule has 0 aliphatic heterocycles. The number of rotatable bonds is 4. The molecule has 0 fully saturated rings. The molecule has 0 saturated heterocycles. The fraction of sp³-hybridized carbons (Fsp3) is 0.250. The topological polar surface area (TPSA) is 12.0 Å². The largest absolute Gasteiger partial charge is 0.306 e. The zero-order valence-corrected chi connectivity index (χ0v) is 12.6. The van der Waals surface area contributed by atoms with Gasteiger partial charge in [-0.2, -0.15) is 0 Å². The lowest BCUT2D eigenvalue weighted by molar-refractivity contribution is 0.572. The zero-order chi connectivity index (χ0) is 13.8. The second kappa shape index (κ2) is 6.42. The summed E-state index contributed by atoms with van der Waals surface area (Å²) in [5, 5.41) is 4.84. The van der Waals surface area contributed by atoms with Crippen LogP contribution in [0.4, 0.5) is 0 Å². The van der Waals surface area contributed by atoms with E-state index in [4.69, 9.17) is 23.2 Å². The predicted molar refractivity (Wildman–Crippen MR) is 82.9 cm³/mol. The van der Waals surface area contributed by atoms with E-state index in [1.165, 1.54) is 11.1 Å². The molecule has 2 rings (SSSR count). The molecule has 0 aromatic heterocycles. The molecule has 0 heterocycles. The summed E-state index contributed by atoms with van der Waals surface area (Å²) in [4.78, 5) is 0. The van der Waals surface area contributed by atoms with E-state index in [-0.39, 0.29) is 0 Å². The summed E-state index contributed by atoms with van der Waals surface area (Å²) in [6.45, 7) is 5.04. The van der Waals surface area contributed by atoms with Crippen molar-refractivity contribution in [3.8, 4) is 0 Å². The Morgan fingerprint density at radius 2 is 1.68 bits per heavy atom. The lowest BCUT2D eigenvalue weighted by Gasteiger charge is -2.16. The van der Waals surface area contributed by atoms with Crippen LogP contribution in [0.2, 0.25) is 10.0 Å². The van der Waals surface area contributed by atoms with Crippen molar-refractivity contribution in [2.24, 2.45) is 0 Å². The highest BCUT2D eigenvalue weighted by molar-refractivity contribution is 6.34. The van der Waals surface area contributed by atoms with Gasteiger partial charge >= 0.3 is 0 Å². The fourth-order valence-electron chi connectivity index (χ4n) is 2.17. The summed E-state index contributed by atoms with van der Waals surface area (Å²) in [5.41, 5.74) is 3.71. The van der Waals surface area contributed by atoms with Crippen molar-refractivity contribution in [1.82, 2.24) is 5.32 Å². The minimum atomic E-state index is 0.291. The highest BCUT2D eigenvalue weighted by Crippen LogP contribution is 2.21. The Balaban J connectivity index is 2.04. The highest BCUT2D eigenvalue weighted by atomic mass is 35.5. The van der Waals surface area contributed by atoms with Crippen LogP contribution in [0, 0.1) is 6.92 Å². The van der Waals surface area contributed by atoms with Crippen molar-refractivity contribution < 1.29 is 0 Å². The SMILES string of the molecule is Cc1ccccc1[C@H](C)NCc1cc(Cl)cc(Cl)c1. The van der Waals surface area contributed by atoms with Gasteiger partial charge in [-0.05, 0) is 48.7 Å². The molecule has 1 atom stereocenters. The van der Waals surface area contributed by atoms with Gasteiger partial charge in [-0.15, -0.1) is 0 Å². The van der Waals surface area contributed by atoms with E-state index in [0.717, 1.165) is 12.1 Å². The lowest BCUT2D eigenvalue weighted by atomic mass is 10.0. The van der Waals surface area contributed by atoms with Crippen molar-refractivity contribution >= 4 is 23.2 Å². The Morgan fingerprint density at radius 1 is 1.05 bits per heavy atom. The van der Waals surface area contributed by atoms with Crippen molar-refractivity contribution in [2.75, 3.05) is 0 Å². The molecule has 1 N–H and O–H groups in total. The molecule has 3 heteroatoms. The molecule has 2 aromatic rings. The molecule has 0 unspecified atom stereocenters. The molecule has 0 saturated carbocycles. The molecule has 0 bridgehead atoms. The fourth-order valence-corrected chi connectivity index (χ4v) is 2.74. The van der Waals surface area contributed by atoms with Gasteiger partial charge in [-0.1, -0.05) is 47.5 Å². The van der Waals surface area contributed by atoms with Crippen LogP contribution < -0.4 is 5.32 Å². The zero-order valence-electron chi connectivity index (χ0n) is 11.1. The Bertz CT molecular complexity index is 546. The second-order valence-corrected chi connectivity index (χ2v) is 5.61. The highest BCUT2D eigenvalue weighted by Gasteiger charge is 2.07. The van der Waals surface area contributed by atoms with Gasteiger partial charge in [0.1, 0.15) is 0 Å². The molecule has 0 aliphatic carbocycles. The summed E-state index contributed by atoms with van der Waals surface area (Å²) < 4.78 is 0. The Hall–Kier alpha value is -1.02. The first-order valence-electron chi connectivity index (χ1n) is 6.30. The maximum atomic E-state index is 6.00. The van der Waals surface area contributed by atoms with Gasteiger partial charge in [0.15, 0.2) is 0 Å². The maximum absolute atomic E-state index is 6.00. The molecular weight excluding hydrogens is 277 g/mol. The van der Waals surface area contributed by atoms with Crippen molar-refractivity contribution in [3.05, 3.63) is 69.2 Å². The molecule has 0 radical (unpaired) electrons. The van der Waals surface area contributed by atoms with Gasteiger partial charge < -0.3 is 5.32 Å². The van der Waals surface area contributed by atoms with E-state index in [0.29, 0.717) is 16.1 Å². The van der Waals surface area contributed by atoms with E-state index in [9.17, 15) is 0 Å². The number of nitrogens with one attached hydrogen (secondary N) is 1. The van der Waals surface area contributed by atoms with Crippen molar-refractivity contribution in [1.29, 1.82) is 0 Å². The minimum Gasteiger partial charge on any atom is -0.306 e. The van der Waals surface area contributed by atoms with Gasteiger partial charge in [-0.25, -0.2) is 0 Å². The molecule has 0 amide bonds. The Kier molecular flexibility index (Phi) is 4.87. The van der Waals surface area contributed by atoms with Gasteiger partial charge in [0, 0.05) is 22.6 Å². The third-order valence-corrected chi connectivity index (χ3v) is 3.63. The average molecular weight is 294 g/mol. The van der Waals surface area contributed by atoms with Gasteiger partial charge in [-0.3, -0.25) is 0 Å². The van der Waals surface area contributed by atoms with E-state index in [1.54, 1.807) is 6.07 Å². The summed E-state index contributed by atoms with van der Waals surface area (Å²) in [5.74, 6) is 0. The predicted octanol–water partition coefficient (Wildman–Crippen LogP) is 5.15. The van der Waals surface area contributed by atoms with E-state index in [1.807, 2.05) is 12.1 Å². The Morgan fingerprint density at radius 3 is 2.32 bits per heavy atom. The Labute approximate surface area is 124 Å². The first-order valence-corrected chi connectivity index (χ1v) is 7.06. The van der Waals surface area contributed by atoms with E-state index in [2.05, 4.69) is 43.4 Å². The molecule has 1 nitrogen and oxygen atoms in total. The summed E-state index contributed by atoms with van der Waals surface area (Å²) >= 11 is 12.0. The molecule has 0 spiro atoms. The quantitative estimate of drug-likeness (QED) is 0.822. The third kappa shape index (κ3) is 3.97. The number of halogens is 2. The molecule has 2 aromatic carbocycles. The van der Waals surface area contributed by atoms with E-state index >= 15 is 0 Å². The van der Waals surface area contributed by atoms with Crippen LogP contribution >= 0.6 is 23.2 Å². The number of hydrogen-bond donors (Lipinski definition) is 1. The number of hydrogen-bond acceptors (Lipinski definition) is 1. The first kappa shape index (κ1) is 14.4. The number of aryl methyl sites for hydroxylation is 1. The van der Waals surface area contributed by atoms with Crippen LogP contribution in [0.25, 0.3) is 0 Å². The smallest absolute Gasteiger partial charge is 0.0424 e. The lowest BCUT2D eigenvalue weighted by Crippen LogP contribution is -2.18. The van der Waals surface area contributed by atoms with Crippen LogP contribution in [0.1, 0.15) is 29.7 Å². The molecule has 0 aliphatic rings. The molecule has 100 valence electrons. The van der Waals surface area contributed by atoms with Crippen molar-refractivity contribution in [3.63, 3.8) is 0 Å². The molecular formula is C16H17Cl2N. The van der Waals surface area contributed by atoms with Crippen molar-refractivity contribution in [2.45, 2.75) is 26.4 Å². The van der Waals surface area contributed by atoms with Gasteiger partial charge in [0.25, 0.3) is 0 Å². The van der Waals surface area contributed by atoms with Crippen LogP contribution in [0.15, 0.2) is 42.5 Å². The van der Waals surface area contributed by atoms with Crippen LogP contribution in [-0.4, -0.2) is 0 Å². The summed E-state index contributed by atoms with van der Waals surface area (Å²) in [6, 6.07) is 14.3. The minimum absolute atomic E-state index is 0.291. The maximum Gasteiger partial charge on any atom is 0.0424 e. The number of benzene rings is 2. The van der Waals surface area contributed by atoms with E-state index < -0.39 is 0 Å². The summed E-state index contributed by atoms with van der Waals surface area (Å²) in [7, 11) is 0. The average Bonchev–Trinajstić information content (AvgIpc) is 2.35. The summed E-state index contributed by atoms with van der Waals surface area (Å²) in [6.07, 6.45) is 0. The molecule has 19 heavy (non-hydrogen) atoms. The van der Waals surface area contributed by atoms with Gasteiger partial charge in [0.05, 0.1) is 0 Å². The standard InChI is InChI=1S/C16H17Cl2N/c1-11-5-3-4-6-16(11)12(2)19-10-13-7-14(17)9-15(18)8-13/h3-9,12,19H,10H2,1-2H3/t12-/m0/s1. The van der Waals surface area contributed by atoms with Crippen LogP contribution in [-0.2, 0) is 6.54 Å². The van der Waals surface area contributed by atoms with Crippen LogP contribution in [0.5, 0.6) is 0 Å². The third-order valence-electron chi connectivity index (χ3n) is 3.19. The van der Waals surface area contributed by atoms with Gasteiger partial charge in [0.2, 0.25) is 0 Å². The second-order valence-electron chi connectivity index (χ2n) is 4.74. The first-order chi connectivity index (χ1) is 9.06. The van der Waals surface area contributed by atoms with Crippen LogP contribution in [0.3, 0.4) is 0 Å². The monoisotopic (exact) mass is 293 g/mol.